The summed E-state index contributed by atoms with van der Waals surface area (Å²) in [6.45, 7) is 6.39. The van der Waals surface area contributed by atoms with Gasteiger partial charge in [0.15, 0.2) is 0 Å². The van der Waals surface area contributed by atoms with Crippen LogP contribution in [0.25, 0.3) is 21.7 Å². The van der Waals surface area contributed by atoms with Crippen molar-refractivity contribution in [3.8, 4) is 0 Å². The predicted octanol–water partition coefficient (Wildman–Crippen LogP) is 4.16. The van der Waals surface area contributed by atoms with Gasteiger partial charge in [0.25, 0.3) is 0 Å². The van der Waals surface area contributed by atoms with Crippen LogP contribution in [-0.4, -0.2) is 24.1 Å². The van der Waals surface area contributed by atoms with E-state index in [9.17, 15) is 4.79 Å². The van der Waals surface area contributed by atoms with Crippen molar-refractivity contribution in [2.45, 2.75) is 6.92 Å². The molecule has 0 radical (unpaired) electrons. The first-order chi connectivity index (χ1) is 11.3. The highest BCUT2D eigenvalue weighted by Gasteiger charge is 2.17. The predicted molar refractivity (Wildman–Crippen MR) is 93.9 cm³/mol. The van der Waals surface area contributed by atoms with Gasteiger partial charge in [-0.15, -0.1) is 6.58 Å². The molecule has 23 heavy (non-hydrogen) atoms. The topological polar surface area (TPSA) is 51.2 Å². The van der Waals surface area contributed by atoms with E-state index in [0.29, 0.717) is 18.7 Å². The number of ether oxygens (including phenoxy) is 1. The summed E-state index contributed by atoms with van der Waals surface area (Å²) >= 11 is 0. The van der Waals surface area contributed by atoms with Crippen molar-refractivity contribution >= 4 is 33.3 Å². The zero-order chi connectivity index (χ0) is 16.2. The SMILES string of the molecule is C=CCNc1c(C(=O)OCC)cnc2c1ccc1ccccc12. The van der Waals surface area contributed by atoms with E-state index < -0.39 is 0 Å². The van der Waals surface area contributed by atoms with Gasteiger partial charge >= 0.3 is 5.97 Å². The molecule has 4 nitrogen and oxygen atoms in total. The highest BCUT2D eigenvalue weighted by Crippen LogP contribution is 2.31. The van der Waals surface area contributed by atoms with E-state index in [1.807, 2.05) is 36.4 Å². The molecule has 3 aromatic rings. The van der Waals surface area contributed by atoms with Crippen LogP contribution in [0.2, 0.25) is 0 Å². The van der Waals surface area contributed by atoms with Crippen molar-refractivity contribution in [2.24, 2.45) is 0 Å². The number of benzene rings is 2. The molecule has 0 fully saturated rings. The summed E-state index contributed by atoms with van der Waals surface area (Å²) in [6, 6.07) is 12.1. The number of carbonyl (C=O) groups is 1. The first-order valence-electron chi connectivity index (χ1n) is 7.58. The fraction of sp³-hybridized carbons (Fsp3) is 0.158. The van der Waals surface area contributed by atoms with Crippen LogP contribution in [0.1, 0.15) is 17.3 Å². The number of rotatable bonds is 5. The Labute approximate surface area is 134 Å². The normalized spacial score (nSPS) is 10.7. The van der Waals surface area contributed by atoms with Gasteiger partial charge in [0.2, 0.25) is 0 Å². The van der Waals surface area contributed by atoms with E-state index in [1.54, 1.807) is 19.2 Å². The summed E-state index contributed by atoms with van der Waals surface area (Å²) in [6.07, 6.45) is 3.33. The van der Waals surface area contributed by atoms with Crippen LogP contribution in [0.4, 0.5) is 5.69 Å². The lowest BCUT2D eigenvalue weighted by atomic mass is 10.0. The van der Waals surface area contributed by atoms with E-state index >= 15 is 0 Å². The van der Waals surface area contributed by atoms with E-state index in [1.165, 1.54) is 0 Å². The number of hydrogen-bond acceptors (Lipinski definition) is 4. The third-order valence-corrected chi connectivity index (χ3v) is 3.68. The smallest absolute Gasteiger partial charge is 0.341 e. The second kappa shape index (κ2) is 6.48. The van der Waals surface area contributed by atoms with E-state index in [-0.39, 0.29) is 5.97 Å². The largest absolute Gasteiger partial charge is 0.462 e. The molecule has 0 spiro atoms. The van der Waals surface area contributed by atoms with Crippen LogP contribution in [0, 0.1) is 0 Å². The molecule has 0 aliphatic carbocycles. The average Bonchev–Trinajstić information content (AvgIpc) is 2.59. The number of esters is 1. The first kappa shape index (κ1) is 15.0. The molecule has 0 aliphatic rings. The maximum atomic E-state index is 12.2. The van der Waals surface area contributed by atoms with E-state index in [2.05, 4.69) is 16.9 Å². The molecular formula is C19H18N2O2. The number of anilines is 1. The van der Waals surface area contributed by atoms with Crippen LogP contribution < -0.4 is 5.32 Å². The number of nitrogens with one attached hydrogen (secondary N) is 1. The Hall–Kier alpha value is -2.88. The molecule has 1 N–H and O–H groups in total. The van der Waals surface area contributed by atoms with Gasteiger partial charge in [-0.05, 0) is 12.3 Å². The second-order valence-corrected chi connectivity index (χ2v) is 5.12. The Kier molecular flexibility index (Phi) is 4.24. The van der Waals surface area contributed by atoms with Gasteiger partial charge in [-0.25, -0.2) is 4.79 Å². The van der Waals surface area contributed by atoms with Crippen LogP contribution >= 0.6 is 0 Å². The maximum Gasteiger partial charge on any atom is 0.341 e. The monoisotopic (exact) mass is 306 g/mol. The Morgan fingerprint density at radius 1 is 1.26 bits per heavy atom. The molecule has 0 saturated heterocycles. The van der Waals surface area contributed by atoms with Gasteiger partial charge in [-0.2, -0.15) is 0 Å². The lowest BCUT2D eigenvalue weighted by Crippen LogP contribution is -2.11. The number of aromatic nitrogens is 1. The quantitative estimate of drug-likeness (QED) is 0.437. The van der Waals surface area contributed by atoms with E-state index in [0.717, 1.165) is 27.4 Å². The fourth-order valence-electron chi connectivity index (χ4n) is 2.66. The summed E-state index contributed by atoms with van der Waals surface area (Å²) in [4.78, 5) is 16.7. The summed E-state index contributed by atoms with van der Waals surface area (Å²) in [5.74, 6) is -0.373. The van der Waals surface area contributed by atoms with Gasteiger partial charge in [-0.1, -0.05) is 42.5 Å². The number of hydrogen-bond donors (Lipinski definition) is 1. The minimum atomic E-state index is -0.373. The summed E-state index contributed by atoms with van der Waals surface area (Å²) in [5, 5.41) is 6.32. The van der Waals surface area contributed by atoms with Crippen LogP contribution in [0.5, 0.6) is 0 Å². The average molecular weight is 306 g/mol. The van der Waals surface area contributed by atoms with Gasteiger partial charge in [-0.3, -0.25) is 4.98 Å². The molecule has 1 aromatic heterocycles. The van der Waals surface area contributed by atoms with E-state index in [4.69, 9.17) is 4.74 Å². The number of carbonyl (C=O) groups excluding carboxylic acids is 1. The van der Waals surface area contributed by atoms with Crippen molar-refractivity contribution < 1.29 is 9.53 Å². The second-order valence-electron chi connectivity index (χ2n) is 5.12. The van der Waals surface area contributed by atoms with Crippen LogP contribution in [-0.2, 0) is 4.74 Å². The Morgan fingerprint density at radius 2 is 2.09 bits per heavy atom. The zero-order valence-electron chi connectivity index (χ0n) is 13.0. The third-order valence-electron chi connectivity index (χ3n) is 3.68. The molecule has 2 aromatic carbocycles. The first-order valence-corrected chi connectivity index (χ1v) is 7.58. The summed E-state index contributed by atoms with van der Waals surface area (Å²) < 4.78 is 5.14. The summed E-state index contributed by atoms with van der Waals surface area (Å²) in [5.41, 5.74) is 2.04. The summed E-state index contributed by atoms with van der Waals surface area (Å²) in [7, 11) is 0. The molecule has 0 unspecified atom stereocenters. The molecule has 0 amide bonds. The molecule has 4 heteroatoms. The lowest BCUT2D eigenvalue weighted by Gasteiger charge is -2.14. The van der Waals surface area contributed by atoms with Gasteiger partial charge in [0.05, 0.1) is 17.8 Å². The van der Waals surface area contributed by atoms with Crippen molar-refractivity contribution in [3.05, 3.63) is 60.8 Å². The van der Waals surface area contributed by atoms with Crippen molar-refractivity contribution in [1.82, 2.24) is 4.98 Å². The van der Waals surface area contributed by atoms with Crippen molar-refractivity contribution in [2.75, 3.05) is 18.5 Å². The highest BCUT2D eigenvalue weighted by molar-refractivity contribution is 6.13. The van der Waals surface area contributed by atoms with Gasteiger partial charge < -0.3 is 10.1 Å². The zero-order valence-corrected chi connectivity index (χ0v) is 13.0. The van der Waals surface area contributed by atoms with Crippen LogP contribution in [0.3, 0.4) is 0 Å². The molecule has 0 atom stereocenters. The molecule has 0 saturated carbocycles. The van der Waals surface area contributed by atoms with Gasteiger partial charge in [0.1, 0.15) is 5.56 Å². The Balaban J connectivity index is 2.27. The molecular weight excluding hydrogens is 288 g/mol. The lowest BCUT2D eigenvalue weighted by molar-refractivity contribution is 0.0527. The Bertz CT molecular complexity index is 887. The minimum absolute atomic E-state index is 0.329. The Morgan fingerprint density at radius 3 is 2.87 bits per heavy atom. The van der Waals surface area contributed by atoms with Crippen LogP contribution in [0.15, 0.2) is 55.3 Å². The van der Waals surface area contributed by atoms with Gasteiger partial charge in [0, 0.05) is 23.5 Å². The number of pyridine rings is 1. The standard InChI is InChI=1S/C19H18N2O2/c1-3-11-20-18-15-10-9-13-7-5-6-8-14(13)17(15)21-12-16(18)19(22)23-4-2/h3,5-10,12H,1,4,11H2,2H3,(H,20,21). The van der Waals surface area contributed by atoms with Crippen molar-refractivity contribution in [1.29, 1.82) is 0 Å². The molecule has 3 rings (SSSR count). The molecule has 0 bridgehead atoms. The molecule has 0 aliphatic heterocycles. The third kappa shape index (κ3) is 2.75. The molecule has 1 heterocycles. The maximum absolute atomic E-state index is 12.2. The minimum Gasteiger partial charge on any atom is -0.462 e. The highest BCUT2D eigenvalue weighted by atomic mass is 16.5. The molecule has 116 valence electrons. The van der Waals surface area contributed by atoms with Crippen molar-refractivity contribution in [3.63, 3.8) is 0 Å². The number of fused-ring (bicyclic) bond motifs is 3. The number of nitrogens with zero attached hydrogens (tertiary/aromatic N) is 1. The fourth-order valence-corrected chi connectivity index (χ4v) is 2.66.